The topological polar surface area (TPSA) is 58.0 Å². The van der Waals surface area contributed by atoms with E-state index in [2.05, 4.69) is 15.3 Å². The van der Waals surface area contributed by atoms with Gasteiger partial charge in [-0.1, -0.05) is 18.5 Å². The summed E-state index contributed by atoms with van der Waals surface area (Å²) in [5, 5.41) is 12.7. The summed E-state index contributed by atoms with van der Waals surface area (Å²) >= 11 is 5.78. The van der Waals surface area contributed by atoms with Crippen LogP contribution in [0.5, 0.6) is 0 Å². The van der Waals surface area contributed by atoms with Gasteiger partial charge >= 0.3 is 0 Å². The Morgan fingerprint density at radius 2 is 2.46 bits per heavy atom. The molecule has 1 atom stereocenters. The first-order chi connectivity index (χ1) is 6.24. The minimum atomic E-state index is -0.369. The van der Waals surface area contributed by atoms with Crippen molar-refractivity contribution in [2.45, 2.75) is 19.4 Å². The Labute approximate surface area is 82.0 Å². The standard InChI is InChI=1S/C8H12ClN3O/c1-2-6(13)3-11-8-7(9)4-10-5-12-8/h4-6,13H,2-3H2,1H3,(H,10,11,12). The van der Waals surface area contributed by atoms with Crippen molar-refractivity contribution in [3.8, 4) is 0 Å². The van der Waals surface area contributed by atoms with Crippen molar-refractivity contribution in [2.24, 2.45) is 0 Å². The van der Waals surface area contributed by atoms with Crippen LogP contribution in [-0.4, -0.2) is 27.7 Å². The fraction of sp³-hybridized carbons (Fsp3) is 0.500. The molecule has 0 aliphatic rings. The zero-order chi connectivity index (χ0) is 9.68. The van der Waals surface area contributed by atoms with E-state index in [1.54, 1.807) is 0 Å². The summed E-state index contributed by atoms with van der Waals surface area (Å²) in [6.07, 6.45) is 3.25. The molecule has 0 aliphatic carbocycles. The van der Waals surface area contributed by atoms with Crippen molar-refractivity contribution in [2.75, 3.05) is 11.9 Å². The number of nitrogens with zero attached hydrogens (tertiary/aromatic N) is 2. The Balaban J connectivity index is 2.50. The van der Waals surface area contributed by atoms with Gasteiger partial charge in [0.05, 0.1) is 12.3 Å². The monoisotopic (exact) mass is 201 g/mol. The number of hydrogen-bond acceptors (Lipinski definition) is 4. The second-order valence-electron chi connectivity index (χ2n) is 2.66. The highest BCUT2D eigenvalue weighted by Gasteiger charge is 2.03. The highest BCUT2D eigenvalue weighted by Crippen LogP contribution is 2.15. The molecule has 0 saturated heterocycles. The summed E-state index contributed by atoms with van der Waals surface area (Å²) in [6, 6.07) is 0. The lowest BCUT2D eigenvalue weighted by atomic mass is 10.3. The van der Waals surface area contributed by atoms with E-state index in [9.17, 15) is 5.11 Å². The molecule has 1 rings (SSSR count). The zero-order valence-electron chi connectivity index (χ0n) is 7.37. The molecule has 1 aromatic heterocycles. The van der Waals surface area contributed by atoms with Gasteiger partial charge in [0.15, 0.2) is 0 Å². The fourth-order valence-electron chi connectivity index (χ4n) is 0.802. The van der Waals surface area contributed by atoms with E-state index in [0.29, 0.717) is 23.8 Å². The highest BCUT2D eigenvalue weighted by molar-refractivity contribution is 6.32. The Morgan fingerprint density at radius 1 is 1.69 bits per heavy atom. The van der Waals surface area contributed by atoms with E-state index in [-0.39, 0.29) is 6.10 Å². The van der Waals surface area contributed by atoms with Gasteiger partial charge in [-0.15, -0.1) is 0 Å². The first-order valence-electron chi connectivity index (χ1n) is 4.11. The number of nitrogens with one attached hydrogen (secondary N) is 1. The third-order valence-electron chi connectivity index (χ3n) is 1.64. The van der Waals surface area contributed by atoms with Crippen molar-refractivity contribution in [1.82, 2.24) is 9.97 Å². The third kappa shape index (κ3) is 3.16. The molecule has 0 amide bonds. The maximum Gasteiger partial charge on any atom is 0.148 e. The molecule has 1 aromatic rings. The highest BCUT2D eigenvalue weighted by atomic mass is 35.5. The molecule has 4 nitrogen and oxygen atoms in total. The van der Waals surface area contributed by atoms with Gasteiger partial charge < -0.3 is 10.4 Å². The average Bonchev–Trinajstić information content (AvgIpc) is 2.16. The van der Waals surface area contributed by atoms with Crippen LogP contribution in [0, 0.1) is 0 Å². The number of aliphatic hydroxyl groups is 1. The van der Waals surface area contributed by atoms with Crippen LogP contribution >= 0.6 is 11.6 Å². The third-order valence-corrected chi connectivity index (χ3v) is 1.92. The van der Waals surface area contributed by atoms with Crippen LogP contribution in [0.3, 0.4) is 0 Å². The molecule has 1 unspecified atom stereocenters. The number of aromatic nitrogens is 2. The van der Waals surface area contributed by atoms with Gasteiger partial charge in [-0.3, -0.25) is 0 Å². The van der Waals surface area contributed by atoms with Crippen LogP contribution in [0.2, 0.25) is 5.02 Å². The first kappa shape index (κ1) is 10.2. The van der Waals surface area contributed by atoms with Crippen molar-refractivity contribution in [3.05, 3.63) is 17.5 Å². The van der Waals surface area contributed by atoms with Crippen LogP contribution < -0.4 is 5.32 Å². The molecule has 0 saturated carbocycles. The lowest BCUT2D eigenvalue weighted by Gasteiger charge is -2.10. The smallest absolute Gasteiger partial charge is 0.148 e. The SMILES string of the molecule is CCC(O)CNc1ncncc1Cl. The van der Waals surface area contributed by atoms with Crippen LogP contribution in [-0.2, 0) is 0 Å². The Kier molecular flexibility index (Phi) is 3.92. The Bertz CT molecular complexity index is 269. The van der Waals surface area contributed by atoms with E-state index in [0.717, 1.165) is 0 Å². The molecule has 0 fully saturated rings. The lowest BCUT2D eigenvalue weighted by molar-refractivity contribution is 0.183. The molecular weight excluding hydrogens is 190 g/mol. The molecule has 0 aromatic carbocycles. The maximum atomic E-state index is 9.26. The predicted molar refractivity (Wildman–Crippen MR) is 51.8 cm³/mol. The molecule has 0 radical (unpaired) electrons. The molecular formula is C8H12ClN3O. The summed E-state index contributed by atoms with van der Waals surface area (Å²) in [4.78, 5) is 7.67. The second kappa shape index (κ2) is 4.99. The summed E-state index contributed by atoms with van der Waals surface area (Å²) in [7, 11) is 0. The van der Waals surface area contributed by atoms with Gasteiger partial charge in [0, 0.05) is 6.54 Å². The molecule has 1 heterocycles. The molecule has 0 spiro atoms. The van der Waals surface area contributed by atoms with Crippen molar-refractivity contribution >= 4 is 17.4 Å². The largest absolute Gasteiger partial charge is 0.391 e. The summed E-state index contributed by atoms with van der Waals surface area (Å²) in [6.45, 7) is 2.36. The summed E-state index contributed by atoms with van der Waals surface area (Å²) in [5.41, 5.74) is 0. The Morgan fingerprint density at radius 3 is 3.08 bits per heavy atom. The van der Waals surface area contributed by atoms with Crippen LogP contribution in [0.1, 0.15) is 13.3 Å². The van der Waals surface area contributed by atoms with E-state index in [1.165, 1.54) is 12.5 Å². The normalized spacial score (nSPS) is 12.5. The molecule has 0 bridgehead atoms. The molecule has 2 N–H and O–H groups in total. The summed E-state index contributed by atoms with van der Waals surface area (Å²) in [5.74, 6) is 0.559. The summed E-state index contributed by atoms with van der Waals surface area (Å²) < 4.78 is 0. The molecule has 5 heteroatoms. The van der Waals surface area contributed by atoms with Gasteiger partial charge in [0.2, 0.25) is 0 Å². The molecule has 0 aliphatic heterocycles. The van der Waals surface area contributed by atoms with Gasteiger partial charge in [-0.2, -0.15) is 0 Å². The minimum Gasteiger partial charge on any atom is -0.391 e. The van der Waals surface area contributed by atoms with Crippen molar-refractivity contribution < 1.29 is 5.11 Å². The number of hydrogen-bond donors (Lipinski definition) is 2. The van der Waals surface area contributed by atoms with Crippen LogP contribution in [0.4, 0.5) is 5.82 Å². The molecule has 72 valence electrons. The molecule has 13 heavy (non-hydrogen) atoms. The number of aliphatic hydroxyl groups excluding tert-OH is 1. The number of anilines is 1. The second-order valence-corrected chi connectivity index (χ2v) is 3.07. The zero-order valence-corrected chi connectivity index (χ0v) is 8.12. The quantitative estimate of drug-likeness (QED) is 0.772. The van der Waals surface area contributed by atoms with Gasteiger partial charge in [0.25, 0.3) is 0 Å². The van der Waals surface area contributed by atoms with Crippen LogP contribution in [0.25, 0.3) is 0 Å². The van der Waals surface area contributed by atoms with Gasteiger partial charge in [0.1, 0.15) is 17.2 Å². The maximum absolute atomic E-state index is 9.26. The van der Waals surface area contributed by atoms with E-state index >= 15 is 0 Å². The van der Waals surface area contributed by atoms with Crippen LogP contribution in [0.15, 0.2) is 12.5 Å². The van der Waals surface area contributed by atoms with E-state index in [1.807, 2.05) is 6.92 Å². The van der Waals surface area contributed by atoms with E-state index in [4.69, 9.17) is 11.6 Å². The minimum absolute atomic E-state index is 0.369. The van der Waals surface area contributed by atoms with Crippen molar-refractivity contribution in [1.29, 1.82) is 0 Å². The Hall–Kier alpha value is -0.870. The first-order valence-corrected chi connectivity index (χ1v) is 4.49. The van der Waals surface area contributed by atoms with Gasteiger partial charge in [-0.05, 0) is 6.42 Å². The lowest BCUT2D eigenvalue weighted by Crippen LogP contribution is -2.18. The average molecular weight is 202 g/mol. The van der Waals surface area contributed by atoms with E-state index < -0.39 is 0 Å². The fourth-order valence-corrected chi connectivity index (χ4v) is 0.974. The predicted octanol–water partition coefficient (Wildman–Crippen LogP) is 1.31. The number of rotatable bonds is 4. The van der Waals surface area contributed by atoms with Crippen molar-refractivity contribution in [3.63, 3.8) is 0 Å². The number of halogens is 1. The van der Waals surface area contributed by atoms with Gasteiger partial charge in [-0.25, -0.2) is 9.97 Å².